The van der Waals surface area contributed by atoms with Crippen LogP contribution in [0.4, 0.5) is 0 Å². The number of hydrogen-bond donors (Lipinski definition) is 0. The van der Waals surface area contributed by atoms with E-state index in [0.29, 0.717) is 0 Å². The minimum absolute atomic E-state index is 0. The second-order valence-corrected chi connectivity index (χ2v) is 5.18. The summed E-state index contributed by atoms with van der Waals surface area (Å²) in [4.78, 5) is 2.67. The average molecular weight is 183 g/mol. The van der Waals surface area contributed by atoms with Crippen LogP contribution in [0.2, 0.25) is 0 Å². The minimum Gasteiger partial charge on any atom is -0.301 e. The number of rotatable bonds is 1. The van der Waals surface area contributed by atoms with E-state index in [1.807, 2.05) is 0 Å². The highest BCUT2D eigenvalue weighted by Gasteiger charge is 2.31. The van der Waals surface area contributed by atoms with Gasteiger partial charge in [0.05, 0.1) is 0 Å². The maximum absolute atomic E-state index is 2.67. The lowest BCUT2D eigenvalue weighted by Gasteiger charge is -2.42. The van der Waals surface area contributed by atoms with Crippen LogP contribution in [0.1, 0.15) is 47.4 Å². The molecule has 2 aliphatic rings. The molecule has 1 heteroatoms. The van der Waals surface area contributed by atoms with Crippen molar-refractivity contribution in [1.82, 2.24) is 4.90 Å². The lowest BCUT2D eigenvalue weighted by atomic mass is 9.75. The quantitative estimate of drug-likeness (QED) is 0.603. The lowest BCUT2D eigenvalue weighted by molar-refractivity contribution is 0.0669. The van der Waals surface area contributed by atoms with Crippen LogP contribution in [0.3, 0.4) is 0 Å². The monoisotopic (exact) mass is 183 g/mol. The molecule has 1 aliphatic carbocycles. The molecule has 2 fully saturated rings. The minimum atomic E-state index is 0. The van der Waals surface area contributed by atoms with Crippen LogP contribution in [0.5, 0.6) is 0 Å². The Morgan fingerprint density at radius 3 is 2.46 bits per heavy atom. The third kappa shape index (κ3) is 2.07. The van der Waals surface area contributed by atoms with Crippen molar-refractivity contribution in [3.05, 3.63) is 0 Å². The first kappa shape index (κ1) is 9.51. The van der Waals surface area contributed by atoms with Gasteiger partial charge in [-0.25, -0.2) is 0 Å². The first-order valence-electron chi connectivity index (χ1n) is 6.01. The average Bonchev–Trinajstić information content (AvgIpc) is 2.17. The molecule has 1 saturated heterocycles. The highest BCUT2D eigenvalue weighted by atomic mass is 15.2. The Balaban J connectivity index is 0.000000980. The zero-order valence-corrected chi connectivity index (χ0v) is 9.13. The molecule has 1 aliphatic heterocycles. The van der Waals surface area contributed by atoms with Crippen molar-refractivity contribution in [1.29, 1.82) is 0 Å². The third-order valence-corrected chi connectivity index (χ3v) is 4.05. The maximum atomic E-state index is 2.67. The molecule has 0 bridgehead atoms. The van der Waals surface area contributed by atoms with Crippen molar-refractivity contribution in [2.45, 2.75) is 52.0 Å². The zero-order chi connectivity index (χ0) is 9.26. The van der Waals surface area contributed by atoms with E-state index >= 15 is 0 Å². The van der Waals surface area contributed by atoms with E-state index in [2.05, 4.69) is 18.7 Å². The van der Waals surface area contributed by atoms with Crippen LogP contribution in [0.25, 0.3) is 0 Å². The van der Waals surface area contributed by atoms with Crippen LogP contribution in [-0.2, 0) is 0 Å². The molecule has 2 atom stereocenters. The van der Waals surface area contributed by atoms with Crippen LogP contribution >= 0.6 is 0 Å². The molecule has 78 valence electrons. The van der Waals surface area contributed by atoms with Gasteiger partial charge in [0.1, 0.15) is 0 Å². The molecule has 0 aromatic carbocycles. The fourth-order valence-electron chi connectivity index (χ4n) is 3.10. The van der Waals surface area contributed by atoms with Crippen molar-refractivity contribution in [3.8, 4) is 0 Å². The maximum Gasteiger partial charge on any atom is 0.00387 e. The first-order valence-corrected chi connectivity index (χ1v) is 6.01. The van der Waals surface area contributed by atoms with E-state index in [-0.39, 0.29) is 1.43 Å². The van der Waals surface area contributed by atoms with Crippen molar-refractivity contribution in [3.63, 3.8) is 0 Å². The zero-order valence-electron chi connectivity index (χ0n) is 9.13. The summed E-state index contributed by atoms with van der Waals surface area (Å²) in [6, 6.07) is 0.767. The van der Waals surface area contributed by atoms with E-state index in [9.17, 15) is 0 Å². The SMILES string of the molecule is CC(C)N1CC[C@H]2CCCCC2C1.[HH]. The molecule has 0 aromatic rings. The van der Waals surface area contributed by atoms with Crippen LogP contribution in [0, 0.1) is 11.8 Å². The molecule has 1 unspecified atom stereocenters. The fourth-order valence-corrected chi connectivity index (χ4v) is 3.10. The summed E-state index contributed by atoms with van der Waals surface area (Å²) in [5, 5.41) is 0. The van der Waals surface area contributed by atoms with Crippen molar-refractivity contribution < 1.29 is 1.43 Å². The molecule has 0 amide bonds. The predicted octanol–water partition coefficient (Wildman–Crippen LogP) is 3.15. The highest BCUT2D eigenvalue weighted by molar-refractivity contribution is 4.84. The number of fused-ring (bicyclic) bond motifs is 1. The van der Waals surface area contributed by atoms with E-state index in [4.69, 9.17) is 0 Å². The molecular weight excluding hydrogens is 158 g/mol. The van der Waals surface area contributed by atoms with Gasteiger partial charge in [-0.05, 0) is 45.1 Å². The van der Waals surface area contributed by atoms with E-state index < -0.39 is 0 Å². The predicted molar refractivity (Wildman–Crippen MR) is 58.9 cm³/mol. The Morgan fingerprint density at radius 1 is 1.08 bits per heavy atom. The number of piperidine rings is 1. The molecule has 0 spiro atoms. The molecule has 13 heavy (non-hydrogen) atoms. The van der Waals surface area contributed by atoms with Gasteiger partial charge in [0.2, 0.25) is 0 Å². The summed E-state index contributed by atoms with van der Waals surface area (Å²) in [6.07, 6.45) is 7.50. The molecule has 0 aromatic heterocycles. The van der Waals surface area contributed by atoms with Crippen LogP contribution in [0.15, 0.2) is 0 Å². The number of hydrogen-bond acceptors (Lipinski definition) is 1. The van der Waals surface area contributed by atoms with E-state index in [0.717, 1.165) is 17.9 Å². The summed E-state index contributed by atoms with van der Waals surface area (Å²) in [5.74, 6) is 2.13. The van der Waals surface area contributed by atoms with E-state index in [1.165, 1.54) is 45.2 Å². The summed E-state index contributed by atoms with van der Waals surface area (Å²) < 4.78 is 0. The standard InChI is InChI=1S/C12H23N.H2/c1-10(2)13-8-7-11-5-3-4-6-12(11)9-13;/h10-12H,3-9H2,1-2H3;1H/t11-,12?;/m1./s1. The molecule has 1 nitrogen and oxygen atoms in total. The smallest absolute Gasteiger partial charge is 0.00387 e. The Kier molecular flexibility index (Phi) is 2.92. The van der Waals surface area contributed by atoms with Crippen LogP contribution < -0.4 is 0 Å². The molecule has 2 rings (SSSR count). The number of likely N-dealkylation sites (tertiary alicyclic amines) is 1. The Morgan fingerprint density at radius 2 is 1.77 bits per heavy atom. The van der Waals surface area contributed by atoms with Gasteiger partial charge >= 0.3 is 0 Å². The second-order valence-electron chi connectivity index (χ2n) is 5.18. The summed E-state index contributed by atoms with van der Waals surface area (Å²) in [7, 11) is 0. The van der Waals surface area contributed by atoms with Gasteiger partial charge in [0, 0.05) is 14.0 Å². The van der Waals surface area contributed by atoms with Gasteiger partial charge in [-0.15, -0.1) is 0 Å². The van der Waals surface area contributed by atoms with Crippen molar-refractivity contribution in [2.24, 2.45) is 11.8 Å². The molecule has 1 heterocycles. The van der Waals surface area contributed by atoms with Crippen LogP contribution in [-0.4, -0.2) is 24.0 Å². The molecular formula is C12H25N. The van der Waals surface area contributed by atoms with Gasteiger partial charge in [-0.1, -0.05) is 19.3 Å². The normalized spacial score (nSPS) is 36.2. The van der Waals surface area contributed by atoms with Crippen molar-refractivity contribution >= 4 is 0 Å². The Hall–Kier alpha value is -0.0400. The molecule has 1 saturated carbocycles. The second kappa shape index (κ2) is 4.00. The largest absolute Gasteiger partial charge is 0.301 e. The Labute approximate surface area is 84.0 Å². The first-order chi connectivity index (χ1) is 6.27. The summed E-state index contributed by atoms with van der Waals surface area (Å²) >= 11 is 0. The highest BCUT2D eigenvalue weighted by Crippen LogP contribution is 2.36. The fraction of sp³-hybridized carbons (Fsp3) is 1.00. The van der Waals surface area contributed by atoms with Gasteiger partial charge in [0.15, 0.2) is 0 Å². The van der Waals surface area contributed by atoms with Gasteiger partial charge in [-0.2, -0.15) is 0 Å². The lowest BCUT2D eigenvalue weighted by Crippen LogP contribution is -2.44. The number of nitrogens with zero attached hydrogens (tertiary/aromatic N) is 1. The van der Waals surface area contributed by atoms with Crippen molar-refractivity contribution in [2.75, 3.05) is 13.1 Å². The van der Waals surface area contributed by atoms with E-state index in [1.54, 1.807) is 0 Å². The summed E-state index contributed by atoms with van der Waals surface area (Å²) in [6.45, 7) is 7.42. The summed E-state index contributed by atoms with van der Waals surface area (Å²) in [5.41, 5.74) is 0. The topological polar surface area (TPSA) is 3.24 Å². The molecule has 0 N–H and O–H groups in total. The van der Waals surface area contributed by atoms with Gasteiger partial charge in [-0.3, -0.25) is 0 Å². The van der Waals surface area contributed by atoms with Gasteiger partial charge in [0.25, 0.3) is 0 Å². The molecule has 0 radical (unpaired) electrons. The third-order valence-electron chi connectivity index (χ3n) is 4.05. The Bertz CT molecular complexity index is 170. The van der Waals surface area contributed by atoms with Gasteiger partial charge < -0.3 is 4.90 Å².